The molecule has 2 aromatic rings. The number of amides is 3. The number of carbonyl (C=O) groups is 3. The van der Waals surface area contributed by atoms with E-state index in [0.29, 0.717) is 54.9 Å². The van der Waals surface area contributed by atoms with E-state index in [-0.39, 0.29) is 17.5 Å². The van der Waals surface area contributed by atoms with Crippen LogP contribution in [0.25, 0.3) is 0 Å². The highest BCUT2D eigenvalue weighted by molar-refractivity contribution is 6.39. The van der Waals surface area contributed by atoms with Gasteiger partial charge < -0.3 is 21.3 Å². The topological polar surface area (TPSA) is 117 Å². The third-order valence-corrected chi connectivity index (χ3v) is 7.35. The molecular formula is C25H28FN5O3. The Morgan fingerprint density at radius 2 is 2.06 bits per heavy atom. The van der Waals surface area contributed by atoms with Crippen molar-refractivity contribution in [1.29, 1.82) is 0 Å². The van der Waals surface area contributed by atoms with E-state index < -0.39 is 29.1 Å². The summed E-state index contributed by atoms with van der Waals surface area (Å²) < 4.78 is 15.0. The van der Waals surface area contributed by atoms with Gasteiger partial charge in [-0.3, -0.25) is 14.4 Å². The van der Waals surface area contributed by atoms with Crippen LogP contribution >= 0.6 is 0 Å². The number of pyridine rings is 1. The molecule has 0 bridgehead atoms. The van der Waals surface area contributed by atoms with E-state index in [0.717, 1.165) is 12.0 Å². The quantitative estimate of drug-likeness (QED) is 0.602. The van der Waals surface area contributed by atoms with Gasteiger partial charge in [0.1, 0.15) is 11.6 Å². The Kier molecular flexibility index (Phi) is 5.30. The number of nitrogens with zero attached hydrogens (tertiary/aromatic N) is 2. The maximum Gasteiger partial charge on any atom is 0.313 e. The number of fused-ring (bicyclic) bond motifs is 2. The molecule has 34 heavy (non-hydrogen) atoms. The first-order valence-electron chi connectivity index (χ1n) is 11.7. The SMILES string of the molecule is CCc1cc(NC(=O)C(=O)N2CC(C)CCC2c2cc(F)c3c(c2)C2(CC2)C(=O)N3)cnc1N. The summed E-state index contributed by atoms with van der Waals surface area (Å²) in [5, 5.41) is 5.31. The van der Waals surface area contributed by atoms with E-state index >= 15 is 0 Å². The molecule has 1 aromatic carbocycles. The molecule has 3 aliphatic rings. The molecule has 1 aliphatic carbocycles. The van der Waals surface area contributed by atoms with Crippen LogP contribution in [0.5, 0.6) is 0 Å². The van der Waals surface area contributed by atoms with Crippen molar-refractivity contribution in [2.75, 3.05) is 22.9 Å². The molecule has 9 heteroatoms. The molecule has 5 rings (SSSR count). The molecule has 178 valence electrons. The number of benzene rings is 1. The highest BCUT2D eigenvalue weighted by atomic mass is 19.1. The third-order valence-electron chi connectivity index (χ3n) is 7.35. The predicted octanol–water partition coefficient (Wildman–Crippen LogP) is 3.29. The van der Waals surface area contributed by atoms with Gasteiger partial charge in [0.05, 0.1) is 29.0 Å². The van der Waals surface area contributed by atoms with Crippen LogP contribution in [0, 0.1) is 11.7 Å². The second kappa shape index (κ2) is 8.07. The zero-order valence-corrected chi connectivity index (χ0v) is 19.3. The van der Waals surface area contributed by atoms with Crippen molar-refractivity contribution in [3.63, 3.8) is 0 Å². The number of rotatable bonds is 3. The van der Waals surface area contributed by atoms with Crippen LogP contribution < -0.4 is 16.4 Å². The van der Waals surface area contributed by atoms with Crippen LogP contribution in [0.2, 0.25) is 0 Å². The van der Waals surface area contributed by atoms with Crippen LogP contribution in [0.3, 0.4) is 0 Å². The van der Waals surface area contributed by atoms with E-state index in [1.807, 2.05) is 19.9 Å². The lowest BCUT2D eigenvalue weighted by molar-refractivity contribution is -0.146. The number of nitrogens with one attached hydrogen (secondary N) is 2. The molecule has 1 aromatic heterocycles. The molecule has 3 amide bonds. The molecule has 1 spiro atoms. The molecule has 2 fully saturated rings. The fourth-order valence-electron chi connectivity index (χ4n) is 5.21. The monoisotopic (exact) mass is 465 g/mol. The van der Waals surface area contributed by atoms with Gasteiger partial charge in [0.15, 0.2) is 0 Å². The zero-order valence-electron chi connectivity index (χ0n) is 19.3. The Hall–Kier alpha value is -3.49. The molecule has 0 radical (unpaired) electrons. The summed E-state index contributed by atoms with van der Waals surface area (Å²) in [4.78, 5) is 44.2. The summed E-state index contributed by atoms with van der Waals surface area (Å²) in [6.45, 7) is 4.34. The van der Waals surface area contributed by atoms with Gasteiger partial charge in [0.2, 0.25) is 5.91 Å². The molecule has 1 saturated carbocycles. The minimum absolute atomic E-state index is 0.160. The number of piperidine rings is 1. The number of likely N-dealkylation sites (tertiary alicyclic amines) is 1. The number of nitrogen functional groups attached to an aromatic ring is 1. The fourth-order valence-corrected chi connectivity index (χ4v) is 5.21. The third kappa shape index (κ3) is 3.59. The molecule has 2 atom stereocenters. The number of aromatic nitrogens is 1. The first-order valence-corrected chi connectivity index (χ1v) is 11.7. The first kappa shape index (κ1) is 22.3. The van der Waals surface area contributed by atoms with E-state index in [2.05, 4.69) is 15.6 Å². The first-order chi connectivity index (χ1) is 16.2. The summed E-state index contributed by atoms with van der Waals surface area (Å²) >= 11 is 0. The van der Waals surface area contributed by atoms with Gasteiger partial charge in [-0.15, -0.1) is 0 Å². The fraction of sp³-hybridized carbons (Fsp3) is 0.440. The van der Waals surface area contributed by atoms with Gasteiger partial charge in [-0.1, -0.05) is 19.9 Å². The number of halogens is 1. The number of carbonyl (C=O) groups excluding carboxylic acids is 3. The zero-order chi connectivity index (χ0) is 24.2. The second-order valence-electron chi connectivity index (χ2n) is 9.69. The van der Waals surface area contributed by atoms with Crippen molar-refractivity contribution < 1.29 is 18.8 Å². The lowest BCUT2D eigenvalue weighted by Crippen LogP contribution is -2.46. The highest BCUT2D eigenvalue weighted by Gasteiger charge is 2.57. The molecule has 4 N–H and O–H groups in total. The molecule has 2 unspecified atom stereocenters. The van der Waals surface area contributed by atoms with Crippen LogP contribution in [-0.2, 0) is 26.2 Å². The minimum Gasteiger partial charge on any atom is -0.383 e. The molecule has 1 saturated heterocycles. The number of anilines is 3. The predicted molar refractivity (Wildman–Crippen MR) is 125 cm³/mol. The largest absolute Gasteiger partial charge is 0.383 e. The Morgan fingerprint density at radius 3 is 2.76 bits per heavy atom. The van der Waals surface area contributed by atoms with Gasteiger partial charge in [-0.05, 0) is 66.8 Å². The van der Waals surface area contributed by atoms with Crippen molar-refractivity contribution in [3.8, 4) is 0 Å². The van der Waals surface area contributed by atoms with Gasteiger partial charge in [-0.2, -0.15) is 0 Å². The van der Waals surface area contributed by atoms with Crippen LogP contribution in [-0.4, -0.2) is 34.2 Å². The number of nitrogens with two attached hydrogens (primary N) is 1. The van der Waals surface area contributed by atoms with Gasteiger partial charge in [0.25, 0.3) is 0 Å². The van der Waals surface area contributed by atoms with Gasteiger partial charge in [0, 0.05) is 6.54 Å². The summed E-state index contributed by atoms with van der Waals surface area (Å²) in [6.07, 6.45) is 4.90. The Labute approximate surface area is 197 Å². The van der Waals surface area contributed by atoms with Crippen molar-refractivity contribution in [2.24, 2.45) is 5.92 Å². The number of hydrogen-bond donors (Lipinski definition) is 3. The van der Waals surface area contributed by atoms with Gasteiger partial charge >= 0.3 is 11.8 Å². The van der Waals surface area contributed by atoms with Crippen LogP contribution in [0.1, 0.15) is 62.3 Å². The Morgan fingerprint density at radius 1 is 1.29 bits per heavy atom. The minimum atomic E-state index is -0.773. The van der Waals surface area contributed by atoms with Crippen molar-refractivity contribution in [2.45, 2.75) is 57.4 Å². The maximum atomic E-state index is 15.0. The summed E-state index contributed by atoms with van der Waals surface area (Å²) in [7, 11) is 0. The summed E-state index contributed by atoms with van der Waals surface area (Å²) in [6, 6.07) is 4.49. The number of hydrogen-bond acceptors (Lipinski definition) is 5. The lowest BCUT2D eigenvalue weighted by atomic mass is 9.87. The maximum absolute atomic E-state index is 15.0. The average molecular weight is 466 g/mol. The van der Waals surface area contributed by atoms with Crippen molar-refractivity contribution in [3.05, 3.63) is 46.9 Å². The molecule has 8 nitrogen and oxygen atoms in total. The van der Waals surface area contributed by atoms with Crippen molar-refractivity contribution in [1.82, 2.24) is 9.88 Å². The van der Waals surface area contributed by atoms with Crippen molar-refractivity contribution >= 4 is 34.9 Å². The normalized spacial score (nSPS) is 22.3. The highest BCUT2D eigenvalue weighted by Crippen LogP contribution is 2.56. The second-order valence-corrected chi connectivity index (χ2v) is 9.69. The van der Waals surface area contributed by atoms with Gasteiger partial charge in [-0.25, -0.2) is 9.37 Å². The average Bonchev–Trinajstić information content (AvgIpc) is 3.57. The van der Waals surface area contributed by atoms with Crippen LogP contribution in [0.15, 0.2) is 24.4 Å². The summed E-state index contributed by atoms with van der Waals surface area (Å²) in [5.41, 5.74) is 7.90. The summed E-state index contributed by atoms with van der Waals surface area (Å²) in [5.74, 6) is -1.52. The standard InChI is InChI=1S/C25H28FN5O3/c1-3-14-8-16(11-28-21(14)27)29-22(32)23(33)31-12-13(2)4-5-19(31)15-9-17-20(18(26)10-15)30-24(34)25(17)6-7-25/h8-11,13,19H,3-7,12H2,1-2H3,(H2,27,28)(H,29,32)(H,30,34). The van der Waals surface area contributed by atoms with E-state index in [1.165, 1.54) is 17.2 Å². The smallest absolute Gasteiger partial charge is 0.313 e. The molecule has 3 heterocycles. The lowest BCUT2D eigenvalue weighted by Gasteiger charge is -2.38. The Bertz CT molecular complexity index is 1210. The van der Waals surface area contributed by atoms with E-state index in [4.69, 9.17) is 5.73 Å². The number of aryl methyl sites for hydroxylation is 1. The van der Waals surface area contributed by atoms with E-state index in [1.54, 1.807) is 6.07 Å². The molecular weight excluding hydrogens is 437 g/mol. The van der Waals surface area contributed by atoms with Crippen LogP contribution in [0.4, 0.5) is 21.6 Å². The Balaban J connectivity index is 1.42. The van der Waals surface area contributed by atoms with E-state index in [9.17, 15) is 18.8 Å². The molecule has 2 aliphatic heterocycles.